The number of thioether (sulfide) groups is 1. The van der Waals surface area contributed by atoms with Crippen molar-refractivity contribution in [1.29, 1.82) is 0 Å². The molecule has 1 N–H and O–H groups in total. The zero-order valence-corrected chi connectivity index (χ0v) is 17.2. The summed E-state index contributed by atoms with van der Waals surface area (Å²) in [5.74, 6) is 0.334. The van der Waals surface area contributed by atoms with Crippen molar-refractivity contribution < 1.29 is 14.3 Å². The number of hydrogen-bond acceptors (Lipinski definition) is 5. The number of ether oxygens (including phenoxy) is 1. The number of carbonyl (C=O) groups is 2. The van der Waals surface area contributed by atoms with Gasteiger partial charge in [0.25, 0.3) is 5.91 Å². The molecule has 7 heteroatoms. The van der Waals surface area contributed by atoms with Gasteiger partial charge in [0.05, 0.1) is 12.0 Å². The van der Waals surface area contributed by atoms with Gasteiger partial charge in [-0.25, -0.2) is 0 Å². The lowest BCUT2D eigenvalue weighted by Gasteiger charge is -2.14. The smallest absolute Gasteiger partial charge is 0.266 e. The van der Waals surface area contributed by atoms with Crippen LogP contribution in [-0.2, 0) is 9.59 Å². The zero-order valence-electron chi connectivity index (χ0n) is 15.6. The van der Waals surface area contributed by atoms with Gasteiger partial charge in [0, 0.05) is 24.2 Å². The van der Waals surface area contributed by atoms with Crippen molar-refractivity contribution in [3.63, 3.8) is 0 Å². The predicted octanol–water partition coefficient (Wildman–Crippen LogP) is 4.23. The van der Waals surface area contributed by atoms with Crippen molar-refractivity contribution in [3.05, 3.63) is 64.6 Å². The van der Waals surface area contributed by atoms with Gasteiger partial charge in [-0.2, -0.15) is 0 Å². The molecule has 0 unspecified atom stereocenters. The Bertz CT molecular complexity index is 939. The third-order valence-corrected chi connectivity index (χ3v) is 5.57. The van der Waals surface area contributed by atoms with Gasteiger partial charge >= 0.3 is 0 Å². The lowest BCUT2D eigenvalue weighted by molar-refractivity contribution is -0.122. The van der Waals surface area contributed by atoms with Crippen LogP contribution in [0.2, 0.25) is 0 Å². The van der Waals surface area contributed by atoms with E-state index >= 15 is 0 Å². The third kappa shape index (κ3) is 4.79. The second kappa shape index (κ2) is 9.03. The number of thiocarbonyl (C=S) groups is 1. The molecule has 0 radical (unpaired) electrons. The Kier molecular flexibility index (Phi) is 6.49. The first-order chi connectivity index (χ1) is 13.5. The average molecular weight is 413 g/mol. The quantitative estimate of drug-likeness (QED) is 0.568. The fourth-order valence-corrected chi connectivity index (χ4v) is 3.99. The van der Waals surface area contributed by atoms with Crippen LogP contribution in [0.25, 0.3) is 6.08 Å². The van der Waals surface area contributed by atoms with E-state index in [0.29, 0.717) is 15.0 Å². The highest BCUT2D eigenvalue weighted by Crippen LogP contribution is 2.34. The monoisotopic (exact) mass is 412 g/mol. The highest BCUT2D eigenvalue weighted by atomic mass is 32.2. The van der Waals surface area contributed by atoms with E-state index in [1.807, 2.05) is 55.5 Å². The minimum absolute atomic E-state index is 0.161. The molecule has 1 fully saturated rings. The summed E-state index contributed by atoms with van der Waals surface area (Å²) in [4.78, 5) is 26.9. The number of rotatable bonds is 6. The number of methoxy groups -OCH3 is 1. The Labute approximate surface area is 173 Å². The predicted molar refractivity (Wildman–Crippen MR) is 117 cm³/mol. The molecule has 144 valence electrons. The number of benzene rings is 2. The molecule has 0 atom stereocenters. The van der Waals surface area contributed by atoms with Crippen molar-refractivity contribution in [2.24, 2.45) is 0 Å². The van der Waals surface area contributed by atoms with E-state index in [1.54, 1.807) is 13.2 Å². The highest BCUT2D eigenvalue weighted by molar-refractivity contribution is 8.26. The number of nitrogens with zero attached hydrogens (tertiary/aromatic N) is 1. The summed E-state index contributed by atoms with van der Waals surface area (Å²) in [6.45, 7) is 2.23. The molecule has 0 saturated carbocycles. The maximum Gasteiger partial charge on any atom is 0.266 e. The molecule has 1 aliphatic heterocycles. The van der Waals surface area contributed by atoms with Crippen molar-refractivity contribution in [3.8, 4) is 5.75 Å². The summed E-state index contributed by atoms with van der Waals surface area (Å²) in [6.07, 6.45) is 1.94. The van der Waals surface area contributed by atoms with E-state index < -0.39 is 0 Å². The second-order valence-electron chi connectivity index (χ2n) is 6.24. The molecule has 1 aliphatic rings. The minimum atomic E-state index is -0.191. The molecule has 28 heavy (non-hydrogen) atoms. The van der Waals surface area contributed by atoms with Gasteiger partial charge in [0.2, 0.25) is 5.91 Å². The maximum atomic E-state index is 12.7. The van der Waals surface area contributed by atoms with E-state index in [9.17, 15) is 9.59 Å². The van der Waals surface area contributed by atoms with Crippen molar-refractivity contribution in [1.82, 2.24) is 4.90 Å². The van der Waals surface area contributed by atoms with Crippen LogP contribution in [0, 0.1) is 6.92 Å². The third-order valence-electron chi connectivity index (χ3n) is 4.20. The first kappa shape index (κ1) is 20.1. The van der Waals surface area contributed by atoms with Crippen LogP contribution >= 0.6 is 24.0 Å². The van der Waals surface area contributed by atoms with Gasteiger partial charge in [0.1, 0.15) is 10.1 Å². The van der Waals surface area contributed by atoms with Gasteiger partial charge in [-0.1, -0.05) is 59.9 Å². The number of nitrogens with one attached hydrogen (secondary N) is 1. The standard InChI is InChI=1S/C21H20N2O3S2/c1-14-7-9-16(10-8-14)22-19(24)11-12-23-20(25)18(28-21(23)27)13-15-5-3-4-6-17(15)26-2/h3-10,13H,11-12H2,1-2H3,(H,22,24). The van der Waals surface area contributed by atoms with Crippen LogP contribution in [0.1, 0.15) is 17.5 Å². The molecule has 3 rings (SSSR count). The molecule has 2 aromatic carbocycles. The van der Waals surface area contributed by atoms with Crippen LogP contribution in [0.4, 0.5) is 5.69 Å². The van der Waals surface area contributed by atoms with E-state index in [4.69, 9.17) is 17.0 Å². The van der Waals surface area contributed by atoms with E-state index in [2.05, 4.69) is 5.32 Å². The fraction of sp³-hybridized carbons (Fsp3) is 0.190. The fourth-order valence-electron chi connectivity index (χ4n) is 2.69. The number of anilines is 1. The maximum absolute atomic E-state index is 12.7. The van der Waals surface area contributed by atoms with Gasteiger partial charge in [0.15, 0.2) is 0 Å². The molecule has 0 spiro atoms. The summed E-state index contributed by atoms with van der Waals surface area (Å²) in [5, 5.41) is 2.83. The number of hydrogen-bond donors (Lipinski definition) is 1. The number of para-hydroxylation sites is 1. The Morgan fingerprint density at radius 1 is 1.21 bits per heavy atom. The Morgan fingerprint density at radius 2 is 1.93 bits per heavy atom. The van der Waals surface area contributed by atoms with Crippen molar-refractivity contribution in [2.45, 2.75) is 13.3 Å². The number of carbonyl (C=O) groups excluding carboxylic acids is 2. The SMILES string of the molecule is COc1ccccc1C=C1SC(=S)N(CCC(=O)Nc2ccc(C)cc2)C1=O. The van der Waals surface area contributed by atoms with E-state index in [0.717, 1.165) is 16.8 Å². The van der Waals surface area contributed by atoms with Gasteiger partial charge < -0.3 is 10.1 Å². The van der Waals surface area contributed by atoms with Crippen molar-refractivity contribution >= 4 is 51.9 Å². The van der Waals surface area contributed by atoms with Crippen LogP contribution in [0.3, 0.4) is 0 Å². The average Bonchev–Trinajstić information content (AvgIpc) is 2.95. The molecule has 5 nitrogen and oxygen atoms in total. The van der Waals surface area contributed by atoms with Gasteiger partial charge in [-0.05, 0) is 31.2 Å². The first-order valence-corrected chi connectivity index (χ1v) is 9.95. The number of amides is 2. The summed E-state index contributed by atoms with van der Waals surface area (Å²) in [5.41, 5.74) is 2.66. The first-order valence-electron chi connectivity index (χ1n) is 8.73. The highest BCUT2D eigenvalue weighted by Gasteiger charge is 2.32. The normalized spacial score (nSPS) is 15.2. The summed E-state index contributed by atoms with van der Waals surface area (Å²) in [6, 6.07) is 15.0. The lowest BCUT2D eigenvalue weighted by Crippen LogP contribution is -2.31. The molecule has 0 bridgehead atoms. The number of aryl methyl sites for hydroxylation is 1. The molecular weight excluding hydrogens is 392 g/mol. The van der Waals surface area contributed by atoms with Crippen LogP contribution in [0.5, 0.6) is 5.75 Å². The van der Waals surface area contributed by atoms with Gasteiger partial charge in [-0.3, -0.25) is 14.5 Å². The van der Waals surface area contributed by atoms with Crippen molar-refractivity contribution in [2.75, 3.05) is 19.0 Å². The largest absolute Gasteiger partial charge is 0.496 e. The van der Waals surface area contributed by atoms with Crippen LogP contribution in [-0.4, -0.2) is 34.7 Å². The molecular formula is C21H20N2O3S2. The summed E-state index contributed by atoms with van der Waals surface area (Å²) in [7, 11) is 1.59. The Morgan fingerprint density at radius 3 is 2.64 bits per heavy atom. The topological polar surface area (TPSA) is 58.6 Å². The second-order valence-corrected chi connectivity index (χ2v) is 7.92. The Hall–Kier alpha value is -2.64. The molecule has 1 heterocycles. The summed E-state index contributed by atoms with van der Waals surface area (Å²) >= 11 is 6.57. The molecule has 0 aromatic heterocycles. The molecule has 2 aromatic rings. The van der Waals surface area contributed by atoms with Crippen LogP contribution in [0.15, 0.2) is 53.4 Å². The van der Waals surface area contributed by atoms with Crippen LogP contribution < -0.4 is 10.1 Å². The minimum Gasteiger partial charge on any atom is -0.496 e. The van der Waals surface area contributed by atoms with Gasteiger partial charge in [-0.15, -0.1) is 0 Å². The Balaban J connectivity index is 1.63. The van der Waals surface area contributed by atoms with E-state index in [1.165, 1.54) is 16.7 Å². The summed E-state index contributed by atoms with van der Waals surface area (Å²) < 4.78 is 5.78. The molecule has 2 amide bonds. The van der Waals surface area contributed by atoms with E-state index in [-0.39, 0.29) is 24.8 Å². The molecule has 0 aliphatic carbocycles. The lowest BCUT2D eigenvalue weighted by atomic mass is 10.2. The zero-order chi connectivity index (χ0) is 20.1. The molecule has 1 saturated heterocycles.